The molecule has 0 aliphatic carbocycles. The Bertz CT molecular complexity index is 1070. The van der Waals surface area contributed by atoms with Crippen molar-refractivity contribution in [3.05, 3.63) is 58.5 Å². The predicted octanol–water partition coefficient (Wildman–Crippen LogP) is 3.58. The lowest BCUT2D eigenvalue weighted by Gasteiger charge is -2.20. The number of ether oxygens (including phenoxy) is 1. The van der Waals surface area contributed by atoms with E-state index < -0.39 is 6.10 Å². The van der Waals surface area contributed by atoms with Crippen LogP contribution < -0.4 is 15.7 Å². The van der Waals surface area contributed by atoms with Crippen LogP contribution in [0.4, 0.5) is 5.69 Å². The van der Waals surface area contributed by atoms with Crippen LogP contribution in [0.2, 0.25) is 0 Å². The molecule has 3 rings (SSSR count). The number of carbonyl (C=O) groups is 1. The van der Waals surface area contributed by atoms with E-state index in [-0.39, 0.29) is 17.0 Å². The van der Waals surface area contributed by atoms with E-state index >= 15 is 0 Å². The third kappa shape index (κ3) is 3.81. The molecule has 6 heteroatoms. The van der Waals surface area contributed by atoms with E-state index in [1.165, 1.54) is 5.56 Å². The van der Waals surface area contributed by atoms with Crippen molar-refractivity contribution in [3.63, 3.8) is 0 Å². The highest BCUT2D eigenvalue weighted by Crippen LogP contribution is 2.25. The molecule has 2 aromatic carbocycles. The first-order valence-electron chi connectivity index (χ1n) is 9.31. The molecule has 3 aromatic rings. The van der Waals surface area contributed by atoms with Crippen LogP contribution in [0.1, 0.15) is 33.3 Å². The summed E-state index contributed by atoms with van der Waals surface area (Å²) in [6.07, 6.45) is -0.657. The average Bonchev–Trinajstić information content (AvgIpc) is 2.85. The lowest BCUT2D eigenvalue weighted by molar-refractivity contribution is -0.122. The standard InChI is InChI=1S/C22H27N3O3/c1-14(28-17-10-7-15(8-11-17)22(2,3)4)20(26)23-16-9-12-18-19(13-16)25(6)21(27)24(18)5/h7-14H,1-6H3,(H,23,26)/t14-/m0/s1. The van der Waals surface area contributed by atoms with Crippen molar-refractivity contribution < 1.29 is 9.53 Å². The van der Waals surface area contributed by atoms with Gasteiger partial charge in [0.05, 0.1) is 11.0 Å². The molecule has 0 saturated carbocycles. The van der Waals surface area contributed by atoms with E-state index in [4.69, 9.17) is 4.74 Å². The Kier molecular flexibility index (Phi) is 5.06. The van der Waals surface area contributed by atoms with Gasteiger partial charge in [-0.15, -0.1) is 0 Å². The Morgan fingerprint density at radius 2 is 1.61 bits per heavy atom. The van der Waals surface area contributed by atoms with E-state index in [9.17, 15) is 9.59 Å². The molecule has 0 aliphatic heterocycles. The molecular formula is C22H27N3O3. The smallest absolute Gasteiger partial charge is 0.328 e. The molecule has 0 unspecified atom stereocenters. The summed E-state index contributed by atoms with van der Waals surface area (Å²) >= 11 is 0. The van der Waals surface area contributed by atoms with Gasteiger partial charge in [-0.2, -0.15) is 0 Å². The van der Waals surface area contributed by atoms with Crippen LogP contribution in [0.5, 0.6) is 5.75 Å². The van der Waals surface area contributed by atoms with Gasteiger partial charge in [-0.05, 0) is 48.2 Å². The molecule has 28 heavy (non-hydrogen) atoms. The van der Waals surface area contributed by atoms with Crippen LogP contribution in [-0.4, -0.2) is 21.1 Å². The largest absolute Gasteiger partial charge is 0.481 e. The molecular weight excluding hydrogens is 354 g/mol. The van der Waals surface area contributed by atoms with Crippen molar-refractivity contribution in [3.8, 4) is 5.75 Å². The van der Waals surface area contributed by atoms with Crippen LogP contribution >= 0.6 is 0 Å². The maximum atomic E-state index is 12.5. The van der Waals surface area contributed by atoms with Gasteiger partial charge in [0.15, 0.2) is 6.10 Å². The number of nitrogens with one attached hydrogen (secondary N) is 1. The summed E-state index contributed by atoms with van der Waals surface area (Å²) in [4.78, 5) is 24.6. The van der Waals surface area contributed by atoms with Crippen molar-refractivity contribution in [2.75, 3.05) is 5.32 Å². The van der Waals surface area contributed by atoms with Gasteiger partial charge in [-0.1, -0.05) is 32.9 Å². The number of amides is 1. The van der Waals surface area contributed by atoms with Gasteiger partial charge in [-0.25, -0.2) is 4.79 Å². The number of anilines is 1. The lowest BCUT2D eigenvalue weighted by atomic mass is 9.87. The zero-order valence-corrected chi connectivity index (χ0v) is 17.2. The molecule has 0 saturated heterocycles. The van der Waals surface area contributed by atoms with Gasteiger partial charge in [-0.3, -0.25) is 13.9 Å². The van der Waals surface area contributed by atoms with Crippen LogP contribution in [0.25, 0.3) is 11.0 Å². The van der Waals surface area contributed by atoms with Crippen LogP contribution in [-0.2, 0) is 24.3 Å². The Labute approximate surface area is 164 Å². The van der Waals surface area contributed by atoms with Crippen molar-refractivity contribution in [2.45, 2.75) is 39.2 Å². The topological polar surface area (TPSA) is 65.3 Å². The summed E-state index contributed by atoms with van der Waals surface area (Å²) in [5.74, 6) is 0.400. The van der Waals surface area contributed by atoms with Crippen LogP contribution in [0.3, 0.4) is 0 Å². The molecule has 0 spiro atoms. The van der Waals surface area contributed by atoms with Crippen molar-refractivity contribution in [1.82, 2.24) is 9.13 Å². The maximum absolute atomic E-state index is 12.5. The summed E-state index contributed by atoms with van der Waals surface area (Å²) in [6, 6.07) is 13.2. The number of nitrogens with zero attached hydrogens (tertiary/aromatic N) is 2. The van der Waals surface area contributed by atoms with Gasteiger partial charge < -0.3 is 10.1 Å². The highest BCUT2D eigenvalue weighted by molar-refractivity contribution is 5.95. The maximum Gasteiger partial charge on any atom is 0.328 e. The number of carbonyl (C=O) groups excluding carboxylic acids is 1. The zero-order valence-electron chi connectivity index (χ0n) is 17.2. The molecule has 1 amide bonds. The minimum Gasteiger partial charge on any atom is -0.481 e. The molecule has 0 radical (unpaired) electrons. The monoisotopic (exact) mass is 381 g/mol. The van der Waals surface area contributed by atoms with Gasteiger partial charge in [0.1, 0.15) is 5.75 Å². The SMILES string of the molecule is C[C@H](Oc1ccc(C(C)(C)C)cc1)C(=O)Nc1ccc2c(c1)n(C)c(=O)n2C. The summed E-state index contributed by atoms with van der Waals surface area (Å²) in [5, 5.41) is 2.86. The van der Waals surface area contributed by atoms with Crippen molar-refractivity contribution in [1.29, 1.82) is 0 Å². The summed E-state index contributed by atoms with van der Waals surface area (Å²) < 4.78 is 8.91. The molecule has 1 aromatic heterocycles. The first-order valence-corrected chi connectivity index (χ1v) is 9.31. The second-order valence-electron chi connectivity index (χ2n) is 8.13. The second-order valence-corrected chi connectivity index (χ2v) is 8.13. The normalized spacial score (nSPS) is 12.8. The number of rotatable bonds is 4. The Morgan fingerprint density at radius 1 is 1.00 bits per heavy atom. The third-order valence-corrected chi connectivity index (χ3v) is 4.94. The molecule has 1 atom stereocenters. The number of imidazole rings is 1. The predicted molar refractivity (Wildman–Crippen MR) is 112 cm³/mol. The number of hydrogen-bond donors (Lipinski definition) is 1. The first-order chi connectivity index (χ1) is 13.1. The second kappa shape index (κ2) is 7.19. The Morgan fingerprint density at radius 3 is 2.21 bits per heavy atom. The minimum absolute atomic E-state index is 0.0672. The summed E-state index contributed by atoms with van der Waals surface area (Å²) in [6.45, 7) is 8.17. The quantitative estimate of drug-likeness (QED) is 0.751. The van der Waals surface area contributed by atoms with Gasteiger partial charge in [0.25, 0.3) is 5.91 Å². The highest BCUT2D eigenvalue weighted by Gasteiger charge is 2.17. The fourth-order valence-electron chi connectivity index (χ4n) is 3.12. The Hall–Kier alpha value is -3.02. The molecule has 0 bridgehead atoms. The van der Waals surface area contributed by atoms with E-state index in [1.54, 1.807) is 42.3 Å². The van der Waals surface area contributed by atoms with Crippen LogP contribution in [0, 0.1) is 0 Å². The van der Waals surface area contributed by atoms with E-state index in [0.717, 1.165) is 11.0 Å². The number of aromatic nitrogens is 2. The molecule has 0 aliphatic rings. The Balaban J connectivity index is 1.71. The van der Waals surface area contributed by atoms with Crippen molar-refractivity contribution in [2.24, 2.45) is 14.1 Å². The van der Waals surface area contributed by atoms with Gasteiger partial charge >= 0.3 is 5.69 Å². The molecule has 1 heterocycles. The number of benzene rings is 2. The summed E-state index contributed by atoms with van der Waals surface area (Å²) in [5.41, 5.74) is 3.37. The number of aryl methyl sites for hydroxylation is 2. The summed E-state index contributed by atoms with van der Waals surface area (Å²) in [7, 11) is 3.44. The molecule has 6 nitrogen and oxygen atoms in total. The first kappa shape index (κ1) is 19.7. The lowest BCUT2D eigenvalue weighted by Crippen LogP contribution is -2.30. The molecule has 0 fully saturated rings. The van der Waals surface area contributed by atoms with Crippen LogP contribution in [0.15, 0.2) is 47.3 Å². The minimum atomic E-state index is -0.657. The van der Waals surface area contributed by atoms with Gasteiger partial charge in [0.2, 0.25) is 0 Å². The van der Waals surface area contributed by atoms with Crippen molar-refractivity contribution >= 4 is 22.6 Å². The highest BCUT2D eigenvalue weighted by atomic mass is 16.5. The van der Waals surface area contributed by atoms with E-state index in [1.807, 2.05) is 30.3 Å². The average molecular weight is 381 g/mol. The van der Waals surface area contributed by atoms with E-state index in [2.05, 4.69) is 26.1 Å². The molecule has 148 valence electrons. The molecule has 1 N–H and O–H groups in total. The van der Waals surface area contributed by atoms with E-state index in [0.29, 0.717) is 11.4 Å². The third-order valence-electron chi connectivity index (χ3n) is 4.94. The fraction of sp³-hybridized carbons (Fsp3) is 0.364. The zero-order chi connectivity index (χ0) is 20.6. The number of hydrogen-bond acceptors (Lipinski definition) is 3. The number of fused-ring (bicyclic) bond motifs is 1. The van der Waals surface area contributed by atoms with Gasteiger partial charge in [0, 0.05) is 19.8 Å². The fourth-order valence-corrected chi connectivity index (χ4v) is 3.12.